The molecule has 4 aromatic carbocycles. The van der Waals surface area contributed by atoms with Crippen LogP contribution in [0.2, 0.25) is 0 Å². The first-order chi connectivity index (χ1) is 31.7. The molecular weight excluding hydrogens is 937 g/mol. The first-order valence-corrected chi connectivity index (χ1v) is 24.7. The Morgan fingerprint density at radius 3 is 1.33 bits per heavy atom. The number of piperazine rings is 2. The van der Waals surface area contributed by atoms with Crippen molar-refractivity contribution in [1.29, 1.82) is 0 Å². The number of methoxy groups -OCH3 is 4. The van der Waals surface area contributed by atoms with Gasteiger partial charge < -0.3 is 28.7 Å². The quantitative estimate of drug-likeness (QED) is 0.0838. The van der Waals surface area contributed by atoms with Crippen molar-refractivity contribution in [3.05, 3.63) is 116 Å². The molecule has 2 aliphatic rings. The molecule has 20 nitrogen and oxygen atoms in total. The van der Waals surface area contributed by atoms with E-state index in [1.807, 2.05) is 50.9 Å². The topological polar surface area (TPSA) is 230 Å². The van der Waals surface area contributed by atoms with Crippen LogP contribution in [0.3, 0.4) is 0 Å². The summed E-state index contributed by atoms with van der Waals surface area (Å²) in [7, 11) is -1.07. The molecule has 2 aromatic heterocycles. The van der Waals surface area contributed by atoms with Crippen LogP contribution >= 0.6 is 22.7 Å². The number of non-ortho nitro benzene ring substituents is 2. The summed E-state index contributed by atoms with van der Waals surface area (Å²) in [6.45, 7) is 3.09. The number of nitrogens with zero attached hydrogens (tertiary/aromatic N) is 8. The molecule has 0 N–H and O–H groups in total. The third kappa shape index (κ3) is 10.3. The maximum atomic E-state index is 12.9. The van der Waals surface area contributed by atoms with E-state index in [1.165, 1.54) is 79.8 Å². The van der Waals surface area contributed by atoms with Gasteiger partial charge in [-0.2, -0.15) is 8.61 Å². The number of ether oxygens (including phenoxy) is 4. The van der Waals surface area contributed by atoms with E-state index in [4.69, 9.17) is 28.9 Å². The zero-order chi connectivity index (χ0) is 47.2. The van der Waals surface area contributed by atoms with Gasteiger partial charge >= 0.3 is 0 Å². The van der Waals surface area contributed by atoms with Gasteiger partial charge in [0.05, 0.1) is 59.5 Å². The smallest absolute Gasteiger partial charge is 0.269 e. The number of aromatic nitrogens is 2. The van der Waals surface area contributed by atoms with Crippen LogP contribution in [0.5, 0.6) is 23.0 Å². The zero-order valence-electron chi connectivity index (χ0n) is 36.0. The van der Waals surface area contributed by atoms with Gasteiger partial charge in [0.15, 0.2) is 10.3 Å². The third-order valence-corrected chi connectivity index (χ3v) is 16.4. The van der Waals surface area contributed by atoms with E-state index < -0.39 is 29.9 Å². The van der Waals surface area contributed by atoms with Gasteiger partial charge in [-0.3, -0.25) is 20.2 Å². The summed E-state index contributed by atoms with van der Waals surface area (Å²) >= 11 is 2.97. The zero-order valence-corrected chi connectivity index (χ0v) is 39.3. The largest absolute Gasteiger partial charge is 0.497 e. The minimum Gasteiger partial charge on any atom is -0.497 e. The second-order valence-corrected chi connectivity index (χ2v) is 20.0. The van der Waals surface area contributed by atoms with E-state index in [0.717, 1.165) is 32.8 Å². The second kappa shape index (κ2) is 20.4. The molecular formula is C42H44N8O12S4. The van der Waals surface area contributed by atoms with E-state index >= 15 is 0 Å². The number of nitro benzene ring substituents is 2. The van der Waals surface area contributed by atoms with Crippen molar-refractivity contribution in [2.24, 2.45) is 0 Å². The van der Waals surface area contributed by atoms with Crippen LogP contribution in [0.15, 0.2) is 105 Å². The molecule has 348 valence electrons. The lowest BCUT2D eigenvalue weighted by atomic mass is 10.1. The number of benzene rings is 4. The van der Waals surface area contributed by atoms with Crippen LogP contribution in [0.4, 0.5) is 21.6 Å². The van der Waals surface area contributed by atoms with E-state index in [1.54, 1.807) is 34.5 Å². The van der Waals surface area contributed by atoms with Crippen molar-refractivity contribution in [2.45, 2.75) is 9.79 Å². The van der Waals surface area contributed by atoms with Gasteiger partial charge in [-0.05, 0) is 54.6 Å². The van der Waals surface area contributed by atoms with E-state index in [0.29, 0.717) is 62.3 Å². The number of sulfonamides is 2. The van der Waals surface area contributed by atoms with Crippen molar-refractivity contribution in [3.63, 3.8) is 0 Å². The van der Waals surface area contributed by atoms with Gasteiger partial charge in [0, 0.05) is 105 Å². The van der Waals surface area contributed by atoms with Crippen LogP contribution in [-0.2, 0) is 20.0 Å². The van der Waals surface area contributed by atoms with Gasteiger partial charge in [0.25, 0.3) is 11.4 Å². The maximum Gasteiger partial charge on any atom is 0.269 e. The van der Waals surface area contributed by atoms with E-state index in [-0.39, 0.29) is 34.3 Å². The number of hydrogen-bond acceptors (Lipinski definition) is 18. The average molecular weight is 981 g/mol. The van der Waals surface area contributed by atoms with Crippen molar-refractivity contribution in [1.82, 2.24) is 18.6 Å². The summed E-state index contributed by atoms with van der Waals surface area (Å²) in [6.07, 6.45) is 0. The van der Waals surface area contributed by atoms with Crippen molar-refractivity contribution in [3.8, 4) is 45.5 Å². The van der Waals surface area contributed by atoms with Crippen LogP contribution in [-0.4, -0.2) is 126 Å². The Labute approximate surface area is 388 Å². The second-order valence-electron chi connectivity index (χ2n) is 14.4. The SMILES string of the molecule is COc1ccc(-c2csc(N3CCN(S(=O)(=O)c4ccc([N+](=O)[O-])cc4)CC3)n2)c(OC)c1.COc1ccc(OC)c(-c2csc(N3CCN(S(=O)(=O)c4ccc([N+](=O)[O-])cc4)CC3)n2)c1. The molecule has 6 aromatic rings. The van der Waals surface area contributed by atoms with Crippen LogP contribution in [0, 0.1) is 20.2 Å². The molecule has 2 aliphatic heterocycles. The van der Waals surface area contributed by atoms with Crippen LogP contribution < -0.4 is 28.7 Å². The highest BCUT2D eigenvalue weighted by Crippen LogP contribution is 2.38. The number of nitro groups is 2. The Morgan fingerprint density at radius 2 is 0.924 bits per heavy atom. The molecule has 0 amide bonds. The van der Waals surface area contributed by atoms with Gasteiger partial charge in [0.1, 0.15) is 23.0 Å². The fraction of sp³-hybridized carbons (Fsp3) is 0.286. The monoisotopic (exact) mass is 980 g/mol. The van der Waals surface area contributed by atoms with Crippen LogP contribution in [0.1, 0.15) is 0 Å². The maximum absolute atomic E-state index is 12.9. The molecule has 4 heterocycles. The standard InChI is InChI=1S/2C21H22N4O6S2/c1-30-16-5-8-20(31-2)18(13-16)19-14-32-21(22-19)23-9-11-24(12-10-23)33(28,29)17-6-3-15(4-7-17)25(26)27;1-30-16-5-8-18(20(13-16)31-2)19-14-32-21(22-19)23-9-11-24(12-10-23)33(28,29)17-6-3-15(4-7-17)25(26)27/h2*3-8,13-14H,9-12H2,1-2H3. The molecule has 8 rings (SSSR count). The summed E-state index contributed by atoms with van der Waals surface area (Å²) < 4.78 is 76.0. The Morgan fingerprint density at radius 1 is 0.515 bits per heavy atom. The number of rotatable bonds is 14. The lowest BCUT2D eigenvalue weighted by Gasteiger charge is -2.33. The molecule has 0 atom stereocenters. The predicted molar refractivity (Wildman–Crippen MR) is 249 cm³/mol. The molecule has 0 unspecified atom stereocenters. The van der Waals surface area contributed by atoms with E-state index in [2.05, 4.69) is 0 Å². The van der Waals surface area contributed by atoms with Gasteiger partial charge in [0.2, 0.25) is 20.0 Å². The fourth-order valence-electron chi connectivity index (χ4n) is 7.11. The van der Waals surface area contributed by atoms with Crippen molar-refractivity contribution < 1.29 is 45.6 Å². The highest BCUT2D eigenvalue weighted by atomic mass is 32.2. The molecule has 0 bridgehead atoms. The normalized spacial score (nSPS) is 14.8. The first-order valence-electron chi connectivity index (χ1n) is 20.0. The highest BCUT2D eigenvalue weighted by molar-refractivity contribution is 7.89. The molecule has 66 heavy (non-hydrogen) atoms. The summed E-state index contributed by atoms with van der Waals surface area (Å²) in [4.78, 5) is 34.2. The van der Waals surface area contributed by atoms with Gasteiger partial charge in [-0.15, -0.1) is 22.7 Å². The summed E-state index contributed by atoms with van der Waals surface area (Å²) in [5, 5.41) is 27.1. The fourth-order valence-corrected chi connectivity index (χ4v) is 11.7. The van der Waals surface area contributed by atoms with Crippen LogP contribution in [0.25, 0.3) is 22.5 Å². The Balaban J connectivity index is 0.000000196. The Bertz CT molecular complexity index is 2900. The molecule has 0 saturated carbocycles. The lowest BCUT2D eigenvalue weighted by Crippen LogP contribution is -2.48. The Kier molecular flexibility index (Phi) is 14.7. The molecule has 24 heteroatoms. The highest BCUT2D eigenvalue weighted by Gasteiger charge is 2.32. The Hall–Kier alpha value is -6.44. The number of anilines is 2. The predicted octanol–water partition coefficient (Wildman–Crippen LogP) is 6.49. The minimum absolute atomic E-state index is 0.0446. The molecule has 0 radical (unpaired) electrons. The summed E-state index contributed by atoms with van der Waals surface area (Å²) in [6, 6.07) is 21.0. The van der Waals surface area contributed by atoms with Crippen molar-refractivity contribution >= 4 is 64.4 Å². The van der Waals surface area contributed by atoms with Crippen molar-refractivity contribution in [2.75, 3.05) is 90.6 Å². The minimum atomic E-state index is -3.73. The summed E-state index contributed by atoms with van der Waals surface area (Å²) in [5.41, 5.74) is 2.90. The average Bonchev–Trinajstić information content (AvgIpc) is 4.06. The third-order valence-electron chi connectivity index (χ3n) is 10.7. The van der Waals surface area contributed by atoms with E-state index in [9.17, 15) is 37.1 Å². The number of hydrogen-bond donors (Lipinski definition) is 0. The molecule has 2 fully saturated rings. The lowest BCUT2D eigenvalue weighted by molar-refractivity contribution is -0.385. The van der Waals surface area contributed by atoms with Gasteiger partial charge in [-0.25, -0.2) is 26.8 Å². The molecule has 0 aliphatic carbocycles. The first kappa shape index (κ1) is 47.5. The van der Waals surface area contributed by atoms with Gasteiger partial charge in [-0.1, -0.05) is 0 Å². The molecule has 0 spiro atoms. The number of thiazole rings is 2. The summed E-state index contributed by atoms with van der Waals surface area (Å²) in [5.74, 6) is 2.73. The molecule has 2 saturated heterocycles.